The molecule has 0 fully saturated rings. The number of nitrogens with one attached hydrogen (secondary N) is 1. The zero-order valence-electron chi connectivity index (χ0n) is 9.26. The minimum absolute atomic E-state index is 0.0696. The summed E-state index contributed by atoms with van der Waals surface area (Å²) in [6.07, 6.45) is -6.01. The summed E-state index contributed by atoms with van der Waals surface area (Å²) in [5.74, 6) is -1.20. The van der Waals surface area contributed by atoms with E-state index in [-0.39, 0.29) is 19.3 Å². The number of hydrogen-bond acceptors (Lipinski definition) is 4. The molecule has 0 unspecified atom stereocenters. The predicted molar refractivity (Wildman–Crippen MR) is 50.9 cm³/mol. The topological polar surface area (TPSA) is 64.6 Å². The van der Waals surface area contributed by atoms with Gasteiger partial charge in [-0.05, 0) is 13.8 Å². The molecule has 98 valence electrons. The molecule has 0 heterocycles. The van der Waals surface area contributed by atoms with Gasteiger partial charge < -0.3 is 9.47 Å². The van der Waals surface area contributed by atoms with E-state index in [4.69, 9.17) is 0 Å². The number of alkyl halides is 3. The number of rotatable bonds is 4. The van der Waals surface area contributed by atoms with E-state index in [1.54, 1.807) is 0 Å². The molecule has 0 saturated carbocycles. The molecular formula is C9H12F3NO4. The van der Waals surface area contributed by atoms with Crippen molar-refractivity contribution in [2.75, 3.05) is 13.2 Å². The largest absolute Gasteiger partial charge is 0.463 e. The van der Waals surface area contributed by atoms with Gasteiger partial charge in [-0.25, -0.2) is 9.59 Å². The lowest BCUT2D eigenvalue weighted by Crippen LogP contribution is -2.32. The van der Waals surface area contributed by atoms with Crippen molar-refractivity contribution in [2.24, 2.45) is 0 Å². The van der Waals surface area contributed by atoms with Gasteiger partial charge in [0.2, 0.25) is 0 Å². The molecule has 0 saturated heterocycles. The van der Waals surface area contributed by atoms with Gasteiger partial charge in [0.15, 0.2) is 0 Å². The second-order valence-corrected chi connectivity index (χ2v) is 2.65. The lowest BCUT2D eigenvalue weighted by Gasteiger charge is -2.12. The third kappa shape index (κ3) is 6.44. The van der Waals surface area contributed by atoms with Crippen molar-refractivity contribution in [2.45, 2.75) is 20.0 Å². The van der Waals surface area contributed by atoms with Gasteiger partial charge in [-0.1, -0.05) is 0 Å². The molecule has 0 atom stereocenters. The Labute approximate surface area is 95.6 Å². The minimum Gasteiger partial charge on any atom is -0.463 e. The number of amides is 1. The highest BCUT2D eigenvalue weighted by Crippen LogP contribution is 2.23. The third-order valence-corrected chi connectivity index (χ3v) is 1.37. The van der Waals surface area contributed by atoms with Gasteiger partial charge in [0.1, 0.15) is 5.70 Å². The van der Waals surface area contributed by atoms with E-state index < -0.39 is 23.9 Å². The first-order valence-corrected chi connectivity index (χ1v) is 4.70. The summed E-state index contributed by atoms with van der Waals surface area (Å²) in [6, 6.07) is 0. The van der Waals surface area contributed by atoms with E-state index in [9.17, 15) is 22.8 Å². The summed E-state index contributed by atoms with van der Waals surface area (Å²) in [6.45, 7) is 2.72. The molecule has 8 heteroatoms. The van der Waals surface area contributed by atoms with Crippen molar-refractivity contribution in [3.05, 3.63) is 11.8 Å². The molecule has 0 aromatic rings. The molecule has 0 rings (SSSR count). The summed E-state index contributed by atoms with van der Waals surface area (Å²) in [4.78, 5) is 21.7. The van der Waals surface area contributed by atoms with Gasteiger partial charge in [0.25, 0.3) is 0 Å². The fourth-order valence-corrected chi connectivity index (χ4v) is 0.768. The molecule has 1 amide bonds. The molecule has 0 spiro atoms. The van der Waals surface area contributed by atoms with Crippen LogP contribution in [-0.4, -0.2) is 31.5 Å². The van der Waals surface area contributed by atoms with E-state index in [1.165, 1.54) is 19.2 Å². The quantitative estimate of drug-likeness (QED) is 0.614. The van der Waals surface area contributed by atoms with E-state index in [2.05, 4.69) is 9.47 Å². The number of allylic oxidation sites excluding steroid dienone is 1. The summed E-state index contributed by atoms with van der Waals surface area (Å²) in [5, 5.41) is 1.42. The molecule has 0 bridgehead atoms. The van der Waals surface area contributed by atoms with Crippen molar-refractivity contribution in [1.82, 2.24) is 5.32 Å². The molecule has 0 aromatic heterocycles. The van der Waals surface area contributed by atoms with Gasteiger partial charge in [-0.15, -0.1) is 0 Å². The fraction of sp³-hybridized carbons (Fsp3) is 0.556. The molecule has 0 aliphatic carbocycles. The second-order valence-electron chi connectivity index (χ2n) is 2.65. The van der Waals surface area contributed by atoms with E-state index >= 15 is 0 Å². The van der Waals surface area contributed by atoms with Crippen molar-refractivity contribution in [3.8, 4) is 0 Å². The molecule has 0 aliphatic heterocycles. The SMILES string of the molecule is CCOC(=O)/C=C(/NC(=O)OCC)C(F)(F)F. The summed E-state index contributed by atoms with van der Waals surface area (Å²) < 4.78 is 45.7. The Balaban J connectivity index is 4.78. The minimum atomic E-state index is -4.88. The van der Waals surface area contributed by atoms with Crippen molar-refractivity contribution in [3.63, 3.8) is 0 Å². The predicted octanol–water partition coefficient (Wildman–Crippen LogP) is 1.74. The lowest BCUT2D eigenvalue weighted by atomic mass is 10.4. The van der Waals surface area contributed by atoms with Gasteiger partial charge >= 0.3 is 18.2 Å². The molecule has 1 N–H and O–H groups in total. The van der Waals surface area contributed by atoms with Crippen LogP contribution in [0.3, 0.4) is 0 Å². The van der Waals surface area contributed by atoms with Gasteiger partial charge in [0, 0.05) is 0 Å². The van der Waals surface area contributed by atoms with Crippen molar-refractivity contribution < 1.29 is 32.2 Å². The highest BCUT2D eigenvalue weighted by Gasteiger charge is 2.36. The van der Waals surface area contributed by atoms with Crippen LogP contribution < -0.4 is 5.32 Å². The number of esters is 1. The molecule has 5 nitrogen and oxygen atoms in total. The molecule has 0 aromatic carbocycles. The second kappa shape index (κ2) is 6.77. The normalized spacial score (nSPS) is 11.9. The number of carbonyl (C=O) groups excluding carboxylic acids is 2. The molecule has 0 aliphatic rings. The maximum absolute atomic E-state index is 12.4. The van der Waals surface area contributed by atoms with Crippen LogP contribution in [0.5, 0.6) is 0 Å². The van der Waals surface area contributed by atoms with Gasteiger partial charge in [-0.3, -0.25) is 5.32 Å². The van der Waals surface area contributed by atoms with Crippen molar-refractivity contribution in [1.29, 1.82) is 0 Å². The standard InChI is InChI=1S/C9H12F3NO4/c1-3-16-7(14)5-6(9(10,11)12)13-8(15)17-4-2/h5H,3-4H2,1-2H3,(H,13,15)/b6-5+. The Hall–Kier alpha value is -1.73. The number of hydrogen-bond donors (Lipinski definition) is 1. The van der Waals surface area contributed by atoms with Crippen LogP contribution in [-0.2, 0) is 14.3 Å². The van der Waals surface area contributed by atoms with Crippen LogP contribution in [0.1, 0.15) is 13.8 Å². The summed E-state index contributed by atoms with van der Waals surface area (Å²) in [7, 11) is 0. The zero-order chi connectivity index (χ0) is 13.5. The Morgan fingerprint density at radius 3 is 2.12 bits per heavy atom. The van der Waals surface area contributed by atoms with Crippen molar-refractivity contribution >= 4 is 12.1 Å². The van der Waals surface area contributed by atoms with Crippen LogP contribution in [0.4, 0.5) is 18.0 Å². The van der Waals surface area contributed by atoms with E-state index in [1.807, 2.05) is 0 Å². The maximum atomic E-state index is 12.4. The average molecular weight is 255 g/mol. The van der Waals surface area contributed by atoms with Crippen LogP contribution in [0.15, 0.2) is 11.8 Å². The smallest absolute Gasteiger partial charge is 0.431 e. The highest BCUT2D eigenvalue weighted by atomic mass is 19.4. The third-order valence-electron chi connectivity index (χ3n) is 1.37. The van der Waals surface area contributed by atoms with Gasteiger partial charge in [0.05, 0.1) is 19.3 Å². The first-order chi connectivity index (χ1) is 7.81. The van der Waals surface area contributed by atoms with Crippen LogP contribution >= 0.6 is 0 Å². The first kappa shape index (κ1) is 15.3. The number of carbonyl (C=O) groups is 2. The fourth-order valence-electron chi connectivity index (χ4n) is 0.768. The van der Waals surface area contributed by atoms with E-state index in [0.29, 0.717) is 0 Å². The molecular weight excluding hydrogens is 243 g/mol. The molecule has 0 radical (unpaired) electrons. The lowest BCUT2D eigenvalue weighted by molar-refractivity contribution is -0.138. The Morgan fingerprint density at radius 2 is 1.71 bits per heavy atom. The number of alkyl carbamates (subject to hydrolysis) is 1. The Kier molecular flexibility index (Phi) is 6.08. The maximum Gasteiger partial charge on any atom is 0.431 e. The van der Waals surface area contributed by atoms with Crippen LogP contribution in [0.25, 0.3) is 0 Å². The number of ether oxygens (including phenoxy) is 2. The summed E-state index contributed by atoms with van der Waals surface area (Å²) in [5.41, 5.74) is -1.53. The van der Waals surface area contributed by atoms with Gasteiger partial charge in [-0.2, -0.15) is 13.2 Å². The Bertz CT molecular complexity index is 312. The van der Waals surface area contributed by atoms with Crippen LogP contribution in [0, 0.1) is 0 Å². The Morgan fingerprint density at radius 1 is 1.18 bits per heavy atom. The average Bonchev–Trinajstić information content (AvgIpc) is 2.16. The number of halogens is 3. The van der Waals surface area contributed by atoms with Crippen LogP contribution in [0.2, 0.25) is 0 Å². The first-order valence-electron chi connectivity index (χ1n) is 4.70. The molecule has 17 heavy (non-hydrogen) atoms. The zero-order valence-corrected chi connectivity index (χ0v) is 9.26. The summed E-state index contributed by atoms with van der Waals surface area (Å²) >= 11 is 0. The van der Waals surface area contributed by atoms with E-state index in [0.717, 1.165) is 0 Å². The highest BCUT2D eigenvalue weighted by molar-refractivity contribution is 5.84. The monoisotopic (exact) mass is 255 g/mol.